The molecule has 1 saturated carbocycles. The third kappa shape index (κ3) is 4.95. The second-order valence-electron chi connectivity index (χ2n) is 8.50. The number of ether oxygens (including phenoxy) is 1. The molecule has 0 bridgehead atoms. The van der Waals surface area contributed by atoms with E-state index in [0.717, 1.165) is 29.1 Å². The summed E-state index contributed by atoms with van der Waals surface area (Å²) < 4.78 is 18.9. The van der Waals surface area contributed by atoms with E-state index in [1.54, 1.807) is 0 Å². The fourth-order valence-corrected chi connectivity index (χ4v) is 4.46. The van der Waals surface area contributed by atoms with E-state index >= 15 is 0 Å². The van der Waals surface area contributed by atoms with Crippen LogP contribution in [0.25, 0.3) is 0 Å². The molecule has 1 N–H and O–H groups in total. The molecule has 33 heavy (non-hydrogen) atoms. The fraction of sp³-hybridized carbons (Fsp3) is 0.478. The van der Waals surface area contributed by atoms with Gasteiger partial charge in [-0.05, 0) is 18.1 Å². The third-order valence-electron chi connectivity index (χ3n) is 5.95. The van der Waals surface area contributed by atoms with Crippen LogP contribution in [0.1, 0.15) is 35.1 Å². The van der Waals surface area contributed by atoms with Crippen LogP contribution < -0.4 is 15.0 Å². The molecule has 172 valence electrons. The van der Waals surface area contributed by atoms with Crippen molar-refractivity contribution in [2.45, 2.75) is 44.6 Å². The van der Waals surface area contributed by atoms with Crippen LogP contribution in [0.4, 0.5) is 16.0 Å². The van der Waals surface area contributed by atoms with Gasteiger partial charge in [0.05, 0.1) is 11.6 Å². The third-order valence-corrected chi connectivity index (χ3v) is 6.22. The first kappa shape index (κ1) is 23.0. The second-order valence-corrected chi connectivity index (χ2v) is 8.86. The van der Waals surface area contributed by atoms with Crippen LogP contribution in [0.2, 0.25) is 5.15 Å². The lowest BCUT2D eigenvalue weighted by Gasteiger charge is -2.32. The lowest BCUT2D eigenvalue weighted by Crippen LogP contribution is -2.35. The highest BCUT2D eigenvalue weighted by Crippen LogP contribution is 2.33. The van der Waals surface area contributed by atoms with Gasteiger partial charge in [0, 0.05) is 63.8 Å². The van der Waals surface area contributed by atoms with Crippen molar-refractivity contribution in [2.75, 3.05) is 37.4 Å². The molecule has 10 heteroatoms. The molecule has 2 aliphatic rings. The van der Waals surface area contributed by atoms with E-state index in [1.807, 2.05) is 37.2 Å². The van der Waals surface area contributed by atoms with Crippen LogP contribution in [0.5, 0.6) is 5.88 Å². The lowest BCUT2D eigenvalue weighted by molar-refractivity contribution is 0.0378. The van der Waals surface area contributed by atoms with Crippen LogP contribution in [0.3, 0.4) is 0 Å². The summed E-state index contributed by atoms with van der Waals surface area (Å²) >= 11 is 6.28. The summed E-state index contributed by atoms with van der Waals surface area (Å²) in [5.41, 5.74) is 3.17. The molecule has 1 fully saturated rings. The Balaban J connectivity index is 1.55. The van der Waals surface area contributed by atoms with Gasteiger partial charge in [-0.25, -0.2) is 9.37 Å². The summed E-state index contributed by atoms with van der Waals surface area (Å²) in [6.45, 7) is 2.03. The van der Waals surface area contributed by atoms with Crippen LogP contribution in [0, 0.1) is 22.7 Å². The predicted molar refractivity (Wildman–Crippen MR) is 123 cm³/mol. The number of hydrogen-bond donors (Lipinski definition) is 1. The highest BCUT2D eigenvalue weighted by atomic mass is 35.5. The van der Waals surface area contributed by atoms with E-state index in [-0.39, 0.29) is 17.8 Å². The number of hydrogen-bond acceptors (Lipinski definition) is 8. The van der Waals surface area contributed by atoms with E-state index in [0.29, 0.717) is 49.6 Å². The van der Waals surface area contributed by atoms with E-state index in [2.05, 4.69) is 26.3 Å². The predicted octanol–water partition coefficient (Wildman–Crippen LogP) is 3.44. The number of nitriles is 2. The monoisotopic (exact) mass is 469 g/mol. The van der Waals surface area contributed by atoms with Gasteiger partial charge in [-0.3, -0.25) is 4.90 Å². The van der Waals surface area contributed by atoms with Gasteiger partial charge in [0.15, 0.2) is 0 Å². The molecule has 8 nitrogen and oxygen atoms in total. The Bertz CT molecular complexity index is 1120. The zero-order valence-corrected chi connectivity index (χ0v) is 19.4. The average molecular weight is 470 g/mol. The van der Waals surface area contributed by atoms with Gasteiger partial charge in [-0.15, -0.1) is 0 Å². The maximum atomic E-state index is 13.1. The molecule has 0 spiro atoms. The maximum absolute atomic E-state index is 13.1. The van der Waals surface area contributed by atoms with Crippen molar-refractivity contribution in [1.82, 2.24) is 14.9 Å². The van der Waals surface area contributed by atoms with Crippen LogP contribution in [-0.2, 0) is 19.5 Å². The zero-order valence-electron chi connectivity index (χ0n) is 18.6. The number of nitrogens with one attached hydrogen (secondary N) is 1. The minimum Gasteiger partial charge on any atom is -0.474 e. The summed E-state index contributed by atoms with van der Waals surface area (Å²) in [6.07, 6.45) is 0.621. The topological polar surface area (TPSA) is 101 Å². The molecular weight excluding hydrogens is 445 g/mol. The highest BCUT2D eigenvalue weighted by molar-refractivity contribution is 6.30. The van der Waals surface area contributed by atoms with E-state index in [9.17, 15) is 9.65 Å². The fourth-order valence-electron chi connectivity index (χ4n) is 4.22. The Kier molecular flexibility index (Phi) is 6.83. The smallest absolute Gasteiger partial charge is 0.215 e. The number of nitrogens with zero attached hydrogens (tertiary/aromatic N) is 6. The standard InChI is InChI=1S/C23H25ClFN7O/c1-31(2)23-14(3-4-20(29-23)33-16-9-15(25)10-16)12-32-8-5-17-19(13-32)18(11-27)21(24)30-22(17)28-7-6-26/h3-4,15-16H,5,7-10,12-13H2,1-2H3,(H,28,30)/t15-,16+. The minimum absolute atomic E-state index is 0.112. The van der Waals surface area contributed by atoms with Crippen LogP contribution in [-0.4, -0.2) is 54.3 Å². The Hall–Kier alpha value is -3.14. The molecule has 0 saturated heterocycles. The Labute approximate surface area is 197 Å². The summed E-state index contributed by atoms with van der Waals surface area (Å²) in [6, 6.07) is 8.05. The molecule has 1 aliphatic heterocycles. The summed E-state index contributed by atoms with van der Waals surface area (Å²) in [5, 5.41) is 21.7. The first-order chi connectivity index (χ1) is 15.9. The number of alkyl halides is 1. The number of anilines is 2. The molecular formula is C23H25ClFN7O. The van der Waals surface area contributed by atoms with Crippen molar-refractivity contribution in [2.24, 2.45) is 0 Å². The first-order valence-electron chi connectivity index (χ1n) is 10.8. The average Bonchev–Trinajstić information content (AvgIpc) is 2.77. The highest BCUT2D eigenvalue weighted by Gasteiger charge is 2.31. The molecule has 0 amide bonds. The van der Waals surface area contributed by atoms with Gasteiger partial charge in [0.1, 0.15) is 41.7 Å². The van der Waals surface area contributed by atoms with Crippen molar-refractivity contribution < 1.29 is 9.13 Å². The van der Waals surface area contributed by atoms with Crippen molar-refractivity contribution in [3.05, 3.63) is 39.5 Å². The molecule has 4 rings (SSSR count). The number of aromatic nitrogens is 2. The molecule has 0 atom stereocenters. The van der Waals surface area contributed by atoms with Crippen LogP contribution in [0.15, 0.2) is 12.1 Å². The minimum atomic E-state index is -0.776. The normalized spacial score (nSPS) is 19.6. The lowest BCUT2D eigenvalue weighted by atomic mass is 9.94. The van der Waals surface area contributed by atoms with Crippen molar-refractivity contribution in [3.8, 4) is 18.0 Å². The second kappa shape index (κ2) is 9.78. The van der Waals surface area contributed by atoms with E-state index in [1.165, 1.54) is 0 Å². The van der Waals surface area contributed by atoms with Crippen LogP contribution >= 0.6 is 11.6 Å². The molecule has 2 aromatic rings. The molecule has 0 radical (unpaired) electrons. The number of rotatable bonds is 7. The number of pyridine rings is 2. The van der Waals surface area contributed by atoms with Crippen molar-refractivity contribution in [3.63, 3.8) is 0 Å². The summed E-state index contributed by atoms with van der Waals surface area (Å²) in [7, 11) is 3.85. The Morgan fingerprint density at radius 2 is 2.06 bits per heavy atom. The van der Waals surface area contributed by atoms with E-state index < -0.39 is 6.17 Å². The first-order valence-corrected chi connectivity index (χ1v) is 11.2. The summed E-state index contributed by atoms with van der Waals surface area (Å²) in [5.74, 6) is 1.86. The quantitative estimate of drug-likeness (QED) is 0.486. The largest absolute Gasteiger partial charge is 0.474 e. The van der Waals surface area contributed by atoms with Gasteiger partial charge < -0.3 is 15.0 Å². The van der Waals surface area contributed by atoms with Gasteiger partial charge in [0.25, 0.3) is 0 Å². The van der Waals surface area contributed by atoms with Gasteiger partial charge in [0.2, 0.25) is 5.88 Å². The summed E-state index contributed by atoms with van der Waals surface area (Å²) in [4.78, 5) is 13.1. The van der Waals surface area contributed by atoms with Gasteiger partial charge in [-0.2, -0.15) is 15.5 Å². The maximum Gasteiger partial charge on any atom is 0.215 e. The Morgan fingerprint density at radius 3 is 2.73 bits per heavy atom. The number of fused-ring (bicyclic) bond motifs is 1. The molecule has 0 aromatic carbocycles. The Morgan fingerprint density at radius 1 is 1.27 bits per heavy atom. The zero-order chi connectivity index (χ0) is 23.5. The van der Waals surface area contributed by atoms with Gasteiger partial charge >= 0.3 is 0 Å². The number of halogens is 2. The van der Waals surface area contributed by atoms with Gasteiger partial charge in [-0.1, -0.05) is 11.6 Å². The van der Waals surface area contributed by atoms with Crippen molar-refractivity contribution >= 4 is 23.2 Å². The van der Waals surface area contributed by atoms with E-state index in [4.69, 9.17) is 21.6 Å². The molecule has 2 aromatic heterocycles. The van der Waals surface area contributed by atoms with Crippen molar-refractivity contribution in [1.29, 1.82) is 10.5 Å². The molecule has 1 aliphatic carbocycles. The molecule has 3 heterocycles. The molecule has 0 unspecified atom stereocenters. The SMILES string of the molecule is CN(C)c1nc(O[C@H]2C[C@@H](F)C2)ccc1CN1CCc2c(NCC#N)nc(Cl)c(C#N)c2C1.